The third-order valence-electron chi connectivity index (χ3n) is 4.47. The number of benzene rings is 2. The third kappa shape index (κ3) is 5.32. The van der Waals surface area contributed by atoms with E-state index < -0.39 is 11.9 Å². The van der Waals surface area contributed by atoms with E-state index in [1.54, 1.807) is 18.5 Å². The van der Waals surface area contributed by atoms with Gasteiger partial charge >= 0.3 is 5.97 Å². The molecule has 0 radical (unpaired) electrons. The minimum absolute atomic E-state index is 0.272. The lowest BCUT2D eigenvalue weighted by Crippen LogP contribution is -2.35. The van der Waals surface area contributed by atoms with Crippen LogP contribution in [0.2, 0.25) is 15.1 Å². The van der Waals surface area contributed by atoms with Crippen molar-refractivity contribution >= 4 is 63.1 Å². The number of carboxylic acids is 1. The Kier molecular flexibility index (Phi) is 7.36. The molecule has 0 spiro atoms. The second kappa shape index (κ2) is 9.79. The fraction of sp³-hybridized carbons (Fsp3) is 0.190. The summed E-state index contributed by atoms with van der Waals surface area (Å²) in [5.41, 5.74) is 1.98. The zero-order valence-electron chi connectivity index (χ0n) is 15.8. The summed E-state index contributed by atoms with van der Waals surface area (Å²) in [7, 11) is 1.58. The maximum absolute atomic E-state index is 13.1. The highest BCUT2D eigenvalue weighted by molar-refractivity contribution is 7.14. The van der Waals surface area contributed by atoms with Crippen molar-refractivity contribution in [1.82, 2.24) is 4.98 Å². The van der Waals surface area contributed by atoms with E-state index in [1.807, 2.05) is 30.3 Å². The molecule has 9 heteroatoms. The van der Waals surface area contributed by atoms with Crippen molar-refractivity contribution in [2.24, 2.45) is 5.92 Å². The van der Waals surface area contributed by atoms with Crippen molar-refractivity contribution in [3.8, 4) is 11.3 Å². The molecule has 2 aromatic carbocycles. The number of hydrogen-bond acceptors (Lipinski definition) is 4. The van der Waals surface area contributed by atoms with E-state index in [2.05, 4.69) is 4.98 Å². The molecule has 156 valence electrons. The molecule has 0 bridgehead atoms. The Morgan fingerprint density at radius 1 is 1.17 bits per heavy atom. The van der Waals surface area contributed by atoms with Crippen molar-refractivity contribution in [2.75, 3.05) is 11.9 Å². The standard InChI is InChI=1S/C21H17Cl3N2O3S/c1-26(20(29)13(8-18(27)28)7-12-5-3-2-4-6-12)21-25-17(11-30-21)15-9-14(22)10-16(23)19(15)24/h2-6,9-11,13H,7-8H2,1H3,(H,27,28)/t13-/m1/s1. The van der Waals surface area contributed by atoms with Crippen LogP contribution in [-0.4, -0.2) is 29.0 Å². The molecule has 0 aliphatic rings. The number of carbonyl (C=O) groups excluding carboxylic acids is 1. The number of carboxylic acid groups (broad SMARTS) is 1. The molecule has 0 saturated heterocycles. The average Bonchev–Trinajstić information content (AvgIpc) is 3.19. The van der Waals surface area contributed by atoms with Crippen LogP contribution in [-0.2, 0) is 16.0 Å². The van der Waals surface area contributed by atoms with Gasteiger partial charge in [0, 0.05) is 23.0 Å². The molecule has 5 nitrogen and oxygen atoms in total. The number of carbonyl (C=O) groups is 2. The van der Waals surface area contributed by atoms with Crippen LogP contribution in [0.5, 0.6) is 0 Å². The molecule has 30 heavy (non-hydrogen) atoms. The zero-order valence-corrected chi connectivity index (χ0v) is 18.9. The molecule has 3 rings (SSSR count). The molecule has 1 amide bonds. The number of aromatic nitrogens is 1. The van der Waals surface area contributed by atoms with E-state index in [1.165, 1.54) is 22.3 Å². The predicted molar refractivity (Wildman–Crippen MR) is 122 cm³/mol. The number of nitrogens with zero attached hydrogens (tertiary/aromatic N) is 2. The summed E-state index contributed by atoms with van der Waals surface area (Å²) in [5, 5.41) is 12.5. The van der Waals surface area contributed by atoms with Gasteiger partial charge in [-0.15, -0.1) is 11.3 Å². The highest BCUT2D eigenvalue weighted by Gasteiger charge is 2.27. The fourth-order valence-electron chi connectivity index (χ4n) is 3.01. The van der Waals surface area contributed by atoms with E-state index >= 15 is 0 Å². The zero-order chi connectivity index (χ0) is 21.8. The van der Waals surface area contributed by atoms with Gasteiger partial charge in [0.1, 0.15) is 0 Å². The Morgan fingerprint density at radius 2 is 1.87 bits per heavy atom. The molecule has 0 fully saturated rings. The van der Waals surface area contributed by atoms with E-state index in [-0.39, 0.29) is 12.3 Å². The monoisotopic (exact) mass is 482 g/mol. The number of anilines is 1. The van der Waals surface area contributed by atoms with Crippen molar-refractivity contribution in [3.05, 3.63) is 68.5 Å². The third-order valence-corrected chi connectivity index (χ3v) is 6.41. The first-order valence-corrected chi connectivity index (χ1v) is 10.9. The first kappa shape index (κ1) is 22.6. The number of aliphatic carboxylic acids is 1. The lowest BCUT2D eigenvalue weighted by molar-refractivity contribution is -0.140. The molecule has 3 aromatic rings. The predicted octanol–water partition coefficient (Wildman–Crippen LogP) is 6.07. The lowest BCUT2D eigenvalue weighted by Gasteiger charge is -2.21. The van der Waals surface area contributed by atoms with Gasteiger partial charge in [0.05, 0.1) is 28.1 Å². The maximum Gasteiger partial charge on any atom is 0.304 e. The van der Waals surface area contributed by atoms with Crippen molar-refractivity contribution in [3.63, 3.8) is 0 Å². The second-order valence-corrected chi connectivity index (χ2v) is 8.70. The number of halogens is 3. The van der Waals surface area contributed by atoms with Gasteiger partial charge in [-0.25, -0.2) is 4.98 Å². The molecule has 0 saturated carbocycles. The van der Waals surface area contributed by atoms with E-state index in [0.717, 1.165) is 5.56 Å². The minimum Gasteiger partial charge on any atom is -0.481 e. The summed E-state index contributed by atoms with van der Waals surface area (Å²) >= 11 is 19.7. The van der Waals surface area contributed by atoms with E-state index in [9.17, 15) is 14.7 Å². The van der Waals surface area contributed by atoms with Crippen LogP contribution in [0.1, 0.15) is 12.0 Å². The summed E-state index contributed by atoms with van der Waals surface area (Å²) in [6, 6.07) is 12.5. The van der Waals surface area contributed by atoms with Gasteiger partial charge in [0.25, 0.3) is 0 Å². The summed E-state index contributed by atoms with van der Waals surface area (Å²) in [6.45, 7) is 0. The highest BCUT2D eigenvalue weighted by Crippen LogP contribution is 2.38. The van der Waals surface area contributed by atoms with Gasteiger partial charge in [-0.1, -0.05) is 65.1 Å². The van der Waals surface area contributed by atoms with Gasteiger partial charge in [0.15, 0.2) is 5.13 Å². The Labute approximate surface area is 192 Å². The molecule has 0 unspecified atom stereocenters. The number of amides is 1. The van der Waals surface area contributed by atoms with Gasteiger partial charge in [-0.3, -0.25) is 14.5 Å². The summed E-state index contributed by atoms with van der Waals surface area (Å²) in [5.74, 6) is -2.07. The minimum atomic E-state index is -1.03. The molecule has 1 atom stereocenters. The van der Waals surface area contributed by atoms with E-state index in [0.29, 0.717) is 37.9 Å². The molecule has 0 aliphatic heterocycles. The Balaban J connectivity index is 1.85. The average molecular weight is 484 g/mol. The maximum atomic E-state index is 13.1. The second-order valence-electron chi connectivity index (χ2n) is 6.65. The summed E-state index contributed by atoms with van der Waals surface area (Å²) < 4.78 is 0. The van der Waals surface area contributed by atoms with Crippen LogP contribution in [0.3, 0.4) is 0 Å². The van der Waals surface area contributed by atoms with Crippen LogP contribution in [0, 0.1) is 5.92 Å². The van der Waals surface area contributed by atoms with Crippen LogP contribution >= 0.6 is 46.1 Å². The quantitative estimate of drug-likeness (QED) is 0.414. The summed E-state index contributed by atoms with van der Waals surface area (Å²) in [4.78, 5) is 30.3. The fourth-order valence-corrected chi connectivity index (χ4v) is 4.50. The van der Waals surface area contributed by atoms with Crippen molar-refractivity contribution < 1.29 is 14.7 Å². The molecule has 1 N–H and O–H groups in total. The van der Waals surface area contributed by atoms with Crippen molar-refractivity contribution in [1.29, 1.82) is 0 Å². The van der Waals surface area contributed by atoms with Crippen LogP contribution < -0.4 is 4.90 Å². The normalized spacial score (nSPS) is 11.9. The first-order valence-electron chi connectivity index (χ1n) is 8.90. The molecular formula is C21H17Cl3N2O3S. The van der Waals surface area contributed by atoms with Gasteiger partial charge in [-0.2, -0.15) is 0 Å². The van der Waals surface area contributed by atoms with Crippen molar-refractivity contribution in [2.45, 2.75) is 12.8 Å². The molecule has 1 aromatic heterocycles. The highest BCUT2D eigenvalue weighted by atomic mass is 35.5. The molecular weight excluding hydrogens is 467 g/mol. The van der Waals surface area contributed by atoms with E-state index in [4.69, 9.17) is 34.8 Å². The van der Waals surface area contributed by atoms with Gasteiger partial charge in [-0.05, 0) is 24.1 Å². The molecule has 0 aliphatic carbocycles. The van der Waals surface area contributed by atoms with Crippen LogP contribution in [0.15, 0.2) is 47.8 Å². The number of rotatable bonds is 7. The topological polar surface area (TPSA) is 70.5 Å². The van der Waals surface area contributed by atoms with Crippen LogP contribution in [0.4, 0.5) is 5.13 Å². The van der Waals surface area contributed by atoms with Gasteiger partial charge in [0.2, 0.25) is 5.91 Å². The summed E-state index contributed by atoms with van der Waals surface area (Å²) in [6.07, 6.45) is 0.0519. The Hall–Kier alpha value is -2.12. The number of hydrogen-bond donors (Lipinski definition) is 1. The smallest absolute Gasteiger partial charge is 0.304 e. The Bertz CT molecular complexity index is 1070. The number of thiazole rings is 1. The SMILES string of the molecule is CN(C(=O)[C@@H](CC(=O)O)Cc1ccccc1)c1nc(-c2cc(Cl)cc(Cl)c2Cl)cs1. The largest absolute Gasteiger partial charge is 0.481 e. The van der Waals surface area contributed by atoms with Crippen LogP contribution in [0.25, 0.3) is 11.3 Å². The van der Waals surface area contributed by atoms with Gasteiger partial charge < -0.3 is 5.11 Å². The first-order chi connectivity index (χ1) is 14.3. The molecule has 1 heterocycles. The Morgan fingerprint density at radius 3 is 2.53 bits per heavy atom. The lowest BCUT2D eigenvalue weighted by atomic mass is 9.95.